The number of hydrogen-bond acceptors (Lipinski definition) is 6. The van der Waals surface area contributed by atoms with Crippen LogP contribution in [0, 0.1) is 0 Å². The van der Waals surface area contributed by atoms with E-state index in [0.29, 0.717) is 17.9 Å². The maximum absolute atomic E-state index is 12.8. The van der Waals surface area contributed by atoms with E-state index in [2.05, 4.69) is 16.4 Å². The van der Waals surface area contributed by atoms with Gasteiger partial charge in [-0.25, -0.2) is 4.98 Å². The average Bonchev–Trinajstić information content (AvgIpc) is 3.43. The number of nitrogens with one attached hydrogen (secondary N) is 1. The van der Waals surface area contributed by atoms with Gasteiger partial charge < -0.3 is 25.8 Å². The summed E-state index contributed by atoms with van der Waals surface area (Å²) in [6.45, 7) is 2.04. The molecule has 0 unspecified atom stereocenters. The van der Waals surface area contributed by atoms with Crippen molar-refractivity contribution in [3.05, 3.63) is 89.4 Å². The number of aryl methyl sites for hydroxylation is 1. The fourth-order valence-corrected chi connectivity index (χ4v) is 4.56. The van der Waals surface area contributed by atoms with Crippen LogP contribution in [0.25, 0.3) is 11.1 Å². The third-order valence-electron chi connectivity index (χ3n) is 6.55. The van der Waals surface area contributed by atoms with Gasteiger partial charge in [-0.2, -0.15) is 0 Å². The Bertz CT molecular complexity index is 1230. The molecule has 0 saturated carbocycles. The molecule has 0 radical (unpaired) electrons. The van der Waals surface area contributed by atoms with Crippen LogP contribution in [0.1, 0.15) is 46.9 Å². The molecule has 1 amide bonds. The average molecular weight is 471 g/mol. The molecule has 35 heavy (non-hydrogen) atoms. The fourth-order valence-electron chi connectivity index (χ4n) is 4.56. The number of amides is 1. The third-order valence-corrected chi connectivity index (χ3v) is 6.55. The molecule has 5 rings (SSSR count). The monoisotopic (exact) mass is 470 g/mol. The number of benzene rings is 2. The lowest BCUT2D eigenvalue weighted by Crippen LogP contribution is -2.27. The summed E-state index contributed by atoms with van der Waals surface area (Å²) in [5.74, 6) is 2.20. The summed E-state index contributed by atoms with van der Waals surface area (Å²) in [5, 5.41) is 13.5. The maximum Gasteiger partial charge on any atom is 0.253 e. The van der Waals surface area contributed by atoms with Gasteiger partial charge in [-0.05, 0) is 66.3 Å². The van der Waals surface area contributed by atoms with Gasteiger partial charge >= 0.3 is 0 Å². The minimum Gasteiger partial charge on any atom is -0.460 e. The number of anilines is 1. The number of ether oxygens (including phenoxy) is 1. The van der Waals surface area contributed by atoms with E-state index in [-0.39, 0.29) is 5.91 Å². The first kappa shape index (κ1) is 22.9. The molecule has 2 aliphatic heterocycles. The molecule has 3 aromatic rings. The zero-order valence-electron chi connectivity index (χ0n) is 19.6. The van der Waals surface area contributed by atoms with Crippen molar-refractivity contribution in [1.82, 2.24) is 15.2 Å². The van der Waals surface area contributed by atoms with Crippen LogP contribution in [0.4, 0.5) is 5.82 Å². The van der Waals surface area contributed by atoms with E-state index >= 15 is 0 Å². The second-order valence-electron chi connectivity index (χ2n) is 9.06. The lowest BCUT2D eigenvalue weighted by Gasteiger charge is -2.21. The molecule has 1 fully saturated rings. The number of likely N-dealkylation sites (tertiary alicyclic amines) is 1. The molecule has 3 heterocycles. The molecule has 1 atom stereocenters. The Hall–Kier alpha value is -3.84. The number of pyridine rings is 1. The first-order valence-corrected chi connectivity index (χ1v) is 12.1. The van der Waals surface area contributed by atoms with Crippen molar-refractivity contribution in [3.63, 3.8) is 0 Å². The summed E-state index contributed by atoms with van der Waals surface area (Å²) in [6, 6.07) is 17.5. The molecular weight excluding hydrogens is 440 g/mol. The van der Waals surface area contributed by atoms with Crippen LogP contribution in [-0.2, 0) is 6.42 Å². The van der Waals surface area contributed by atoms with E-state index in [1.54, 1.807) is 18.3 Å². The molecule has 0 spiro atoms. The van der Waals surface area contributed by atoms with Crippen LogP contribution in [0.2, 0.25) is 0 Å². The standard InChI is InChI=1S/C28H30N4O3/c29-27-11-8-23(16-31-27)25(33)18-30-17-24-9-6-21-14-20(7-10-26(21)35-24)19-4-3-5-22(15-19)28(34)32-12-1-2-13-32/h3-5,7-8,10-11,14-17,25,30,33H,1-2,6,9,12-13,18H2,(H2,29,31)/b24-17+/t25-/m0/s1. The Morgan fingerprint density at radius 2 is 1.94 bits per heavy atom. The van der Waals surface area contributed by atoms with Crippen molar-refractivity contribution in [2.75, 3.05) is 25.4 Å². The van der Waals surface area contributed by atoms with Crippen molar-refractivity contribution < 1.29 is 14.6 Å². The Labute approximate surface area is 205 Å². The number of aliphatic hydroxyl groups is 1. The van der Waals surface area contributed by atoms with Gasteiger partial charge in [0.25, 0.3) is 5.91 Å². The summed E-state index contributed by atoms with van der Waals surface area (Å²) in [4.78, 5) is 18.7. The van der Waals surface area contributed by atoms with E-state index < -0.39 is 6.10 Å². The molecular formula is C28H30N4O3. The summed E-state index contributed by atoms with van der Waals surface area (Å²) >= 11 is 0. The van der Waals surface area contributed by atoms with Crippen LogP contribution in [0.15, 0.2) is 72.8 Å². The van der Waals surface area contributed by atoms with Crippen molar-refractivity contribution in [2.45, 2.75) is 31.8 Å². The second-order valence-corrected chi connectivity index (χ2v) is 9.06. The largest absolute Gasteiger partial charge is 0.460 e. The predicted octanol–water partition coefficient (Wildman–Crippen LogP) is 4.06. The number of nitrogen functional groups attached to an aromatic ring is 1. The molecule has 7 nitrogen and oxygen atoms in total. The first-order chi connectivity index (χ1) is 17.1. The summed E-state index contributed by atoms with van der Waals surface area (Å²) in [6.07, 6.45) is 6.50. The van der Waals surface area contributed by atoms with Crippen LogP contribution < -0.4 is 15.8 Å². The van der Waals surface area contributed by atoms with Gasteiger partial charge in [-0.15, -0.1) is 0 Å². The second kappa shape index (κ2) is 10.2. The number of nitrogens with zero attached hydrogens (tertiary/aromatic N) is 2. The summed E-state index contributed by atoms with van der Waals surface area (Å²) in [5.41, 5.74) is 10.3. The SMILES string of the molecule is Nc1ccc([C@@H](O)CN/C=C2\CCc3cc(-c4cccc(C(=O)N5CCCC5)c4)ccc3O2)cn1. The minimum absolute atomic E-state index is 0.116. The third kappa shape index (κ3) is 5.30. The molecule has 0 bridgehead atoms. The van der Waals surface area contributed by atoms with E-state index in [1.165, 1.54) is 0 Å². The Kier molecular flexibility index (Phi) is 6.68. The van der Waals surface area contributed by atoms with Gasteiger partial charge in [0.1, 0.15) is 17.3 Å². The normalized spacial score (nSPS) is 17.1. The molecule has 180 valence electrons. The minimum atomic E-state index is -0.688. The van der Waals surface area contributed by atoms with E-state index in [1.807, 2.05) is 47.5 Å². The summed E-state index contributed by atoms with van der Waals surface area (Å²) in [7, 11) is 0. The number of rotatable bonds is 6. The van der Waals surface area contributed by atoms with Gasteiger partial charge in [0.05, 0.1) is 6.10 Å². The molecule has 7 heteroatoms. The first-order valence-electron chi connectivity index (χ1n) is 12.1. The number of carbonyl (C=O) groups is 1. The Balaban J connectivity index is 1.23. The van der Waals surface area contributed by atoms with Crippen LogP contribution >= 0.6 is 0 Å². The van der Waals surface area contributed by atoms with Crippen LogP contribution in [-0.4, -0.2) is 40.5 Å². The zero-order chi connectivity index (χ0) is 24.2. The van der Waals surface area contributed by atoms with Gasteiger partial charge in [-0.1, -0.05) is 24.3 Å². The number of aromatic nitrogens is 1. The Morgan fingerprint density at radius 3 is 2.74 bits per heavy atom. The highest BCUT2D eigenvalue weighted by Crippen LogP contribution is 2.33. The molecule has 1 saturated heterocycles. The predicted molar refractivity (Wildman–Crippen MR) is 136 cm³/mol. The van der Waals surface area contributed by atoms with Crippen molar-refractivity contribution >= 4 is 11.7 Å². The van der Waals surface area contributed by atoms with Crippen LogP contribution in [0.3, 0.4) is 0 Å². The van der Waals surface area contributed by atoms with Crippen molar-refractivity contribution in [1.29, 1.82) is 0 Å². The molecule has 4 N–H and O–H groups in total. The number of hydrogen-bond donors (Lipinski definition) is 3. The molecule has 0 aliphatic carbocycles. The maximum atomic E-state index is 12.8. The van der Waals surface area contributed by atoms with E-state index in [4.69, 9.17) is 10.5 Å². The number of carbonyl (C=O) groups excluding carboxylic acids is 1. The van der Waals surface area contributed by atoms with Crippen molar-refractivity contribution in [3.8, 4) is 16.9 Å². The van der Waals surface area contributed by atoms with Gasteiger partial charge in [0, 0.05) is 49.6 Å². The highest BCUT2D eigenvalue weighted by atomic mass is 16.5. The summed E-state index contributed by atoms with van der Waals surface area (Å²) < 4.78 is 6.08. The number of nitrogens with two attached hydrogens (primary N) is 1. The fraction of sp³-hybridized carbons (Fsp3) is 0.286. The van der Waals surface area contributed by atoms with Gasteiger partial charge in [0.2, 0.25) is 0 Å². The lowest BCUT2D eigenvalue weighted by atomic mass is 9.97. The van der Waals surface area contributed by atoms with E-state index in [9.17, 15) is 9.90 Å². The number of fused-ring (bicyclic) bond motifs is 1. The lowest BCUT2D eigenvalue weighted by molar-refractivity contribution is 0.0793. The number of allylic oxidation sites excluding steroid dienone is 1. The molecule has 2 aromatic carbocycles. The van der Waals surface area contributed by atoms with Gasteiger partial charge in [0.15, 0.2) is 0 Å². The molecule has 1 aromatic heterocycles. The van der Waals surface area contributed by atoms with Gasteiger partial charge in [-0.3, -0.25) is 4.79 Å². The topological polar surface area (TPSA) is 101 Å². The smallest absolute Gasteiger partial charge is 0.253 e. The quantitative estimate of drug-likeness (QED) is 0.502. The number of aliphatic hydroxyl groups excluding tert-OH is 1. The molecule has 2 aliphatic rings. The van der Waals surface area contributed by atoms with E-state index in [0.717, 1.165) is 72.5 Å². The van der Waals surface area contributed by atoms with Crippen LogP contribution in [0.5, 0.6) is 5.75 Å². The Morgan fingerprint density at radius 1 is 1.11 bits per heavy atom. The zero-order valence-corrected chi connectivity index (χ0v) is 19.6. The van der Waals surface area contributed by atoms with Crippen molar-refractivity contribution in [2.24, 2.45) is 0 Å². The highest BCUT2D eigenvalue weighted by molar-refractivity contribution is 5.95. The highest BCUT2D eigenvalue weighted by Gasteiger charge is 2.20.